The summed E-state index contributed by atoms with van der Waals surface area (Å²) in [6, 6.07) is 11.7. The monoisotopic (exact) mass is 396 g/mol. The molecule has 0 radical (unpaired) electrons. The van der Waals surface area contributed by atoms with Crippen LogP contribution in [-0.2, 0) is 6.54 Å². The third-order valence-corrected chi connectivity index (χ3v) is 6.74. The molecule has 2 aliphatic rings. The van der Waals surface area contributed by atoms with Crippen LogP contribution >= 0.6 is 0 Å². The predicted molar refractivity (Wildman–Crippen MR) is 116 cm³/mol. The molecule has 1 aliphatic carbocycles. The van der Waals surface area contributed by atoms with Crippen molar-refractivity contribution < 1.29 is 0 Å². The van der Waals surface area contributed by atoms with Crippen molar-refractivity contribution >= 4 is 0 Å². The summed E-state index contributed by atoms with van der Waals surface area (Å²) in [6.45, 7) is 7.64. The van der Waals surface area contributed by atoms with E-state index in [1.54, 1.807) is 0 Å². The van der Waals surface area contributed by atoms with E-state index >= 15 is 0 Å². The highest BCUT2D eigenvalue weighted by Crippen LogP contribution is 2.29. The number of rotatable bonds is 8. The van der Waals surface area contributed by atoms with Gasteiger partial charge in [-0.05, 0) is 35.3 Å². The lowest BCUT2D eigenvalue weighted by Gasteiger charge is -2.43. The average molecular weight is 397 g/mol. The van der Waals surface area contributed by atoms with Crippen molar-refractivity contribution in [2.75, 3.05) is 26.2 Å². The van der Waals surface area contributed by atoms with Crippen LogP contribution in [0.4, 0.5) is 0 Å². The molecule has 4 rings (SSSR count). The molecule has 0 amide bonds. The Morgan fingerprint density at radius 1 is 1.00 bits per heavy atom. The van der Waals surface area contributed by atoms with Gasteiger partial charge in [-0.1, -0.05) is 69.4 Å². The zero-order valence-corrected chi connectivity index (χ0v) is 17.9. The van der Waals surface area contributed by atoms with Gasteiger partial charge in [-0.2, -0.15) is 0 Å². The van der Waals surface area contributed by atoms with E-state index in [1.165, 1.54) is 63.6 Å². The first-order valence-electron chi connectivity index (χ1n) is 11.6. The zero-order valence-electron chi connectivity index (χ0n) is 17.9. The van der Waals surface area contributed by atoms with Crippen LogP contribution in [0, 0.1) is 0 Å². The lowest BCUT2D eigenvalue weighted by molar-refractivity contribution is 0.0497. The zero-order chi connectivity index (χ0) is 19.9. The smallest absolute Gasteiger partial charge is 0.168 e. The lowest BCUT2D eigenvalue weighted by atomic mass is 9.93. The number of nitrogens with zero attached hydrogens (tertiary/aromatic N) is 6. The Bertz CT molecular complexity index is 716. The van der Waals surface area contributed by atoms with E-state index in [-0.39, 0.29) is 0 Å². The van der Waals surface area contributed by atoms with Gasteiger partial charge in [0.05, 0.1) is 12.6 Å². The van der Waals surface area contributed by atoms with E-state index in [0.717, 1.165) is 37.9 Å². The van der Waals surface area contributed by atoms with Crippen molar-refractivity contribution in [1.82, 2.24) is 30.0 Å². The summed E-state index contributed by atoms with van der Waals surface area (Å²) in [5, 5.41) is 12.9. The fourth-order valence-electron chi connectivity index (χ4n) is 5.05. The van der Waals surface area contributed by atoms with E-state index in [1.807, 2.05) is 4.68 Å². The SMILES string of the molecule is CCCC[C@@H](c1nnnn1Cc1ccccc1)N1CCN(C2CCCCC2)CC1. The average Bonchev–Trinajstić information content (AvgIpc) is 3.23. The maximum absolute atomic E-state index is 4.50. The molecule has 0 N–H and O–H groups in total. The van der Waals surface area contributed by atoms with Crippen molar-refractivity contribution in [3.05, 3.63) is 41.7 Å². The molecular formula is C23H36N6. The number of aromatic nitrogens is 4. The first kappa shape index (κ1) is 20.5. The first-order valence-corrected chi connectivity index (χ1v) is 11.6. The van der Waals surface area contributed by atoms with Crippen LogP contribution < -0.4 is 0 Å². The minimum absolute atomic E-state index is 0.321. The largest absolute Gasteiger partial charge is 0.298 e. The Morgan fingerprint density at radius 2 is 1.76 bits per heavy atom. The lowest BCUT2D eigenvalue weighted by Crippen LogP contribution is -2.51. The van der Waals surface area contributed by atoms with Gasteiger partial charge in [-0.15, -0.1) is 5.10 Å². The van der Waals surface area contributed by atoms with Gasteiger partial charge in [0.15, 0.2) is 5.82 Å². The molecule has 1 aromatic carbocycles. The number of benzene rings is 1. The van der Waals surface area contributed by atoms with E-state index in [2.05, 4.69) is 62.6 Å². The quantitative estimate of drug-likeness (QED) is 0.677. The highest BCUT2D eigenvalue weighted by Gasteiger charge is 2.31. The molecule has 0 bridgehead atoms. The molecule has 6 heteroatoms. The normalized spacial score (nSPS) is 20.7. The second-order valence-corrected chi connectivity index (χ2v) is 8.70. The van der Waals surface area contributed by atoms with E-state index < -0.39 is 0 Å². The first-order chi connectivity index (χ1) is 14.3. The number of piperazine rings is 1. The molecule has 1 saturated carbocycles. The topological polar surface area (TPSA) is 50.1 Å². The molecule has 158 valence electrons. The van der Waals surface area contributed by atoms with Crippen molar-refractivity contribution in [3.8, 4) is 0 Å². The van der Waals surface area contributed by atoms with Crippen molar-refractivity contribution in [2.45, 2.75) is 76.9 Å². The summed E-state index contributed by atoms with van der Waals surface area (Å²) in [5.74, 6) is 1.04. The third-order valence-electron chi connectivity index (χ3n) is 6.74. The Kier molecular flexibility index (Phi) is 7.28. The highest BCUT2D eigenvalue weighted by atomic mass is 15.6. The molecule has 0 unspecified atom stereocenters. The summed E-state index contributed by atoms with van der Waals surface area (Å²) in [6.07, 6.45) is 10.6. The molecule has 2 fully saturated rings. The number of tetrazole rings is 1. The third kappa shape index (κ3) is 5.23. The van der Waals surface area contributed by atoms with Gasteiger partial charge in [0.1, 0.15) is 0 Å². The highest BCUT2D eigenvalue weighted by molar-refractivity contribution is 5.15. The summed E-state index contributed by atoms with van der Waals surface area (Å²) in [7, 11) is 0. The number of hydrogen-bond donors (Lipinski definition) is 0. The minimum Gasteiger partial charge on any atom is -0.298 e. The molecule has 1 saturated heterocycles. The molecule has 29 heavy (non-hydrogen) atoms. The van der Waals surface area contributed by atoms with Crippen molar-refractivity contribution in [2.24, 2.45) is 0 Å². The Balaban J connectivity index is 1.44. The Hall–Kier alpha value is -1.79. The summed E-state index contributed by atoms with van der Waals surface area (Å²) >= 11 is 0. The van der Waals surface area contributed by atoms with Gasteiger partial charge in [-0.3, -0.25) is 9.80 Å². The maximum Gasteiger partial charge on any atom is 0.168 e. The molecular weight excluding hydrogens is 360 g/mol. The molecule has 1 aliphatic heterocycles. The van der Waals surface area contributed by atoms with Crippen LogP contribution in [0.5, 0.6) is 0 Å². The van der Waals surface area contributed by atoms with Crippen LogP contribution in [0.25, 0.3) is 0 Å². The van der Waals surface area contributed by atoms with Crippen LogP contribution in [0.2, 0.25) is 0 Å². The maximum atomic E-state index is 4.50. The fourth-order valence-corrected chi connectivity index (χ4v) is 5.05. The number of hydrogen-bond acceptors (Lipinski definition) is 5. The molecule has 6 nitrogen and oxygen atoms in total. The molecule has 1 atom stereocenters. The van der Waals surface area contributed by atoms with Crippen molar-refractivity contribution in [3.63, 3.8) is 0 Å². The molecule has 0 spiro atoms. The van der Waals surface area contributed by atoms with Crippen LogP contribution in [0.15, 0.2) is 30.3 Å². The van der Waals surface area contributed by atoms with E-state index in [4.69, 9.17) is 0 Å². The second kappa shape index (κ2) is 10.3. The van der Waals surface area contributed by atoms with Crippen LogP contribution in [0.3, 0.4) is 0 Å². The van der Waals surface area contributed by atoms with Crippen LogP contribution in [-0.4, -0.2) is 62.2 Å². The summed E-state index contributed by atoms with van der Waals surface area (Å²) in [5.41, 5.74) is 1.25. The molecule has 1 aromatic heterocycles. The second-order valence-electron chi connectivity index (χ2n) is 8.70. The summed E-state index contributed by atoms with van der Waals surface area (Å²) in [4.78, 5) is 5.39. The van der Waals surface area contributed by atoms with Gasteiger partial charge >= 0.3 is 0 Å². The minimum atomic E-state index is 0.321. The Morgan fingerprint density at radius 3 is 2.48 bits per heavy atom. The van der Waals surface area contributed by atoms with Gasteiger partial charge < -0.3 is 0 Å². The van der Waals surface area contributed by atoms with E-state index in [0.29, 0.717) is 6.04 Å². The van der Waals surface area contributed by atoms with Gasteiger partial charge in [-0.25, -0.2) is 4.68 Å². The predicted octanol–water partition coefficient (Wildman–Crippen LogP) is 3.90. The van der Waals surface area contributed by atoms with Crippen LogP contribution in [0.1, 0.15) is 75.7 Å². The molecule has 2 aromatic rings. The fraction of sp³-hybridized carbons (Fsp3) is 0.696. The number of unbranched alkanes of at least 4 members (excludes halogenated alkanes) is 1. The standard InChI is InChI=1S/C23H36N6/c1-2-3-14-22(23-24-25-26-29(23)19-20-10-6-4-7-11-20)28-17-15-27(16-18-28)21-12-8-5-9-13-21/h4,6-7,10-11,21-22H,2-3,5,8-9,12-19H2,1H3/t22-/m0/s1. The van der Waals surface area contributed by atoms with Gasteiger partial charge in [0.2, 0.25) is 0 Å². The van der Waals surface area contributed by atoms with Crippen molar-refractivity contribution in [1.29, 1.82) is 0 Å². The summed E-state index contributed by atoms with van der Waals surface area (Å²) < 4.78 is 2.02. The van der Waals surface area contributed by atoms with Gasteiger partial charge in [0.25, 0.3) is 0 Å². The Labute approximate surface area is 175 Å². The van der Waals surface area contributed by atoms with E-state index in [9.17, 15) is 0 Å². The van der Waals surface area contributed by atoms with Gasteiger partial charge in [0, 0.05) is 32.2 Å². The molecule has 2 heterocycles.